The van der Waals surface area contributed by atoms with Crippen molar-refractivity contribution in [1.29, 1.82) is 0 Å². The van der Waals surface area contributed by atoms with Crippen LogP contribution in [0.15, 0.2) is 90.1 Å². The summed E-state index contributed by atoms with van der Waals surface area (Å²) in [7, 11) is -4.86. The lowest BCUT2D eigenvalue weighted by Gasteiger charge is -2.44. The average molecular weight is 990 g/mol. The highest BCUT2D eigenvalue weighted by molar-refractivity contribution is 8.02. The van der Waals surface area contributed by atoms with Gasteiger partial charge >= 0.3 is 25.0 Å². The molecule has 1 N–H and O–H groups in total. The first-order valence-electron chi connectivity index (χ1n) is 21.2. The third kappa shape index (κ3) is 10.1. The number of fused-ring (bicyclic) bond motifs is 3. The highest BCUT2D eigenvalue weighted by Crippen LogP contribution is 2.53. The van der Waals surface area contributed by atoms with Crippen LogP contribution in [0.5, 0.6) is 11.5 Å². The number of pyridine rings is 1. The summed E-state index contributed by atoms with van der Waals surface area (Å²) in [6, 6.07) is 16.1. The van der Waals surface area contributed by atoms with E-state index in [1.807, 2.05) is 0 Å². The van der Waals surface area contributed by atoms with E-state index in [1.54, 1.807) is 30.3 Å². The van der Waals surface area contributed by atoms with Gasteiger partial charge in [-0.25, -0.2) is 18.0 Å². The van der Waals surface area contributed by atoms with Crippen molar-refractivity contribution in [2.45, 2.75) is 66.5 Å². The summed E-state index contributed by atoms with van der Waals surface area (Å²) in [5, 5.41) is 14.8. The molecule has 5 heterocycles. The summed E-state index contributed by atoms with van der Waals surface area (Å²) in [6.45, 7) is -1.12. The molecular formula is C45H44Cl2F2N4O11S2. The Kier molecular flexibility index (Phi) is 14.4. The minimum absolute atomic E-state index is 0.0290. The van der Waals surface area contributed by atoms with Crippen LogP contribution in [0.3, 0.4) is 0 Å². The van der Waals surface area contributed by atoms with E-state index >= 15 is 8.42 Å². The van der Waals surface area contributed by atoms with Crippen LogP contribution in [-0.4, -0.2) is 98.1 Å². The van der Waals surface area contributed by atoms with Gasteiger partial charge in [0.25, 0.3) is 5.91 Å². The Balaban J connectivity index is 1.17. The number of halogens is 4. The number of sulfonamides is 1. The maximum atomic E-state index is 15.1. The molecule has 1 unspecified atom stereocenters. The molecule has 2 bridgehead atoms. The number of carbonyl (C=O) groups excluding carboxylic acids is 4. The van der Waals surface area contributed by atoms with Gasteiger partial charge in [0, 0.05) is 35.9 Å². The summed E-state index contributed by atoms with van der Waals surface area (Å²) < 4.78 is 80.5. The van der Waals surface area contributed by atoms with Gasteiger partial charge in [-0.15, -0.1) is 11.8 Å². The monoisotopic (exact) mass is 988 g/mol. The zero-order valence-corrected chi connectivity index (χ0v) is 38.2. The summed E-state index contributed by atoms with van der Waals surface area (Å²) in [4.78, 5) is 53.9. The van der Waals surface area contributed by atoms with Crippen molar-refractivity contribution in [3.05, 3.63) is 123 Å². The zero-order valence-electron chi connectivity index (χ0n) is 35.1. The van der Waals surface area contributed by atoms with E-state index in [2.05, 4.69) is 10.2 Å². The van der Waals surface area contributed by atoms with E-state index in [0.29, 0.717) is 16.8 Å². The second kappa shape index (κ2) is 20.0. The van der Waals surface area contributed by atoms with Crippen molar-refractivity contribution in [2.24, 2.45) is 11.8 Å². The van der Waals surface area contributed by atoms with Crippen molar-refractivity contribution in [2.75, 3.05) is 38.5 Å². The molecule has 4 saturated heterocycles. The van der Waals surface area contributed by atoms with Crippen LogP contribution in [-0.2, 0) is 40.3 Å². The smallest absolute Gasteiger partial charge is 0.387 e. The number of amides is 1. The first kappa shape index (κ1) is 47.4. The number of esters is 2. The quantitative estimate of drug-likeness (QED) is 0.0387. The van der Waals surface area contributed by atoms with Crippen molar-refractivity contribution < 1.29 is 60.1 Å². The maximum Gasteiger partial charge on any atom is 0.387 e. The predicted molar refractivity (Wildman–Crippen MR) is 237 cm³/mol. The van der Waals surface area contributed by atoms with Crippen molar-refractivity contribution in [3.8, 4) is 11.5 Å². The molecule has 15 nitrogen and oxygen atoms in total. The van der Waals surface area contributed by atoms with Crippen LogP contribution in [0, 0.1) is 17.0 Å². The van der Waals surface area contributed by atoms with Gasteiger partial charge in [0.15, 0.2) is 34.8 Å². The third-order valence-electron chi connectivity index (χ3n) is 12.3. The number of ether oxygens (including phenoxy) is 4. The second-order valence-electron chi connectivity index (χ2n) is 16.5. The molecule has 1 aromatic heterocycles. The van der Waals surface area contributed by atoms with Crippen LogP contribution < -0.4 is 19.5 Å². The molecule has 4 aliphatic heterocycles. The van der Waals surface area contributed by atoms with Crippen molar-refractivity contribution in [3.63, 3.8) is 0 Å². The van der Waals surface area contributed by atoms with Gasteiger partial charge in [0.1, 0.15) is 16.1 Å². The molecule has 1 amide bonds. The molecule has 0 radical (unpaired) electrons. The Bertz CT molecular complexity index is 2570. The number of nitrogens with one attached hydrogen (secondary N) is 1. The molecule has 350 valence electrons. The minimum Gasteiger partial charge on any atom is -0.619 e. The first-order chi connectivity index (χ1) is 31.7. The normalized spacial score (nSPS) is 22.6. The topological polar surface area (TPSA) is 185 Å². The van der Waals surface area contributed by atoms with Crippen LogP contribution in [0.1, 0.15) is 64.7 Å². The number of thioether (sulfide) groups is 1. The standard InChI is InChI=1S/C45H44Cl2F2N4O11S2/c46-35-22-52(58)23-36(47)33(35)21-34(30-11-12-37(64-44(48)49)38(20-30)61-25-27-9-10-27)45(43(57)62-26-54)53(17-18-65-45)66(59,60)32-8-4-7-31(19-32)41(55)50-40(29-5-2-1-3-6-29)42(56)63-39-24-51-15-13-28(39)14-16-51/h1-8,11-12,19-20,22-23,26-28,34,39-40,44H,9-10,13-18,21,24-25H2,(H,50,55)/t34-,39-,40?,45-/m0/s1. The highest BCUT2D eigenvalue weighted by Gasteiger charge is 2.60. The van der Waals surface area contributed by atoms with E-state index in [-0.39, 0.29) is 88.0 Å². The van der Waals surface area contributed by atoms with Gasteiger partial charge in [0.2, 0.25) is 10.0 Å². The molecule has 1 saturated carbocycles. The summed E-state index contributed by atoms with van der Waals surface area (Å²) in [6.07, 6.45) is 4.77. The Hall–Kier alpha value is -5.05. The molecule has 5 aliphatic rings. The molecule has 4 aromatic rings. The Morgan fingerprint density at radius 3 is 2.32 bits per heavy atom. The first-order valence-corrected chi connectivity index (χ1v) is 24.3. The van der Waals surface area contributed by atoms with Gasteiger partial charge in [-0.3, -0.25) is 14.5 Å². The molecule has 0 spiro atoms. The molecule has 5 fully saturated rings. The van der Waals surface area contributed by atoms with E-state index in [4.69, 9.17) is 42.1 Å². The maximum absolute atomic E-state index is 15.1. The minimum atomic E-state index is -4.86. The third-order valence-corrected chi connectivity index (χ3v) is 16.5. The van der Waals surface area contributed by atoms with Gasteiger partial charge in [-0.2, -0.15) is 17.8 Å². The molecule has 21 heteroatoms. The van der Waals surface area contributed by atoms with E-state index < -0.39 is 56.2 Å². The van der Waals surface area contributed by atoms with E-state index in [1.165, 1.54) is 36.4 Å². The fraction of sp³-hybridized carbons (Fsp3) is 0.400. The fourth-order valence-corrected chi connectivity index (χ4v) is 13.0. The van der Waals surface area contributed by atoms with E-state index in [0.717, 1.165) is 73.3 Å². The van der Waals surface area contributed by atoms with Gasteiger partial charge in [-0.1, -0.05) is 65.7 Å². The van der Waals surface area contributed by atoms with Crippen molar-refractivity contribution >= 4 is 69.3 Å². The average Bonchev–Trinajstić information content (AvgIpc) is 4.02. The summed E-state index contributed by atoms with van der Waals surface area (Å²) in [5.74, 6) is -4.33. The van der Waals surface area contributed by atoms with Gasteiger partial charge < -0.3 is 29.5 Å². The molecule has 9 rings (SSSR count). The molecule has 3 aromatic carbocycles. The van der Waals surface area contributed by atoms with Crippen LogP contribution in [0.4, 0.5) is 8.78 Å². The Morgan fingerprint density at radius 1 is 0.939 bits per heavy atom. The largest absolute Gasteiger partial charge is 0.619 e. The molecule has 66 heavy (non-hydrogen) atoms. The van der Waals surface area contributed by atoms with Gasteiger partial charge in [-0.05, 0) is 98.5 Å². The molecule has 4 atom stereocenters. The lowest BCUT2D eigenvalue weighted by molar-refractivity contribution is -0.605. The highest BCUT2D eigenvalue weighted by atomic mass is 35.5. The van der Waals surface area contributed by atoms with Crippen LogP contribution in [0.2, 0.25) is 10.0 Å². The number of aromatic nitrogens is 1. The number of rotatable bonds is 18. The number of carbonyl (C=O) groups is 4. The zero-order chi connectivity index (χ0) is 46.8. The SMILES string of the molecule is O=COC(=O)[C@]1([C@@H](Cc2c(Cl)c[n+]([O-])cc2Cl)c2ccc(OC(F)F)c(OCC3CC3)c2)SCCN1S(=O)(=O)c1cccc(C(=O)NC(C(=O)O[C@H]2CN3CCC2CC3)c2ccccc2)c1. The predicted octanol–water partition coefficient (Wildman–Crippen LogP) is 6.29. The lowest BCUT2D eigenvalue weighted by atomic mass is 9.84. The van der Waals surface area contributed by atoms with Crippen LogP contribution >= 0.6 is 35.0 Å². The second-order valence-corrected chi connectivity index (χ2v) is 20.5. The number of benzene rings is 3. The summed E-state index contributed by atoms with van der Waals surface area (Å²) >= 11 is 14.0. The number of nitrogens with zero attached hydrogens (tertiary/aromatic N) is 3. The van der Waals surface area contributed by atoms with Gasteiger partial charge in [0.05, 0.1) is 11.5 Å². The molecular weight excluding hydrogens is 946 g/mol. The Labute approximate surface area is 393 Å². The fourth-order valence-electron chi connectivity index (χ4n) is 8.80. The number of hydrogen-bond acceptors (Lipinski definition) is 13. The van der Waals surface area contributed by atoms with E-state index in [9.17, 15) is 33.2 Å². The molecule has 1 aliphatic carbocycles. The number of hydrogen-bond donors (Lipinski definition) is 1. The van der Waals surface area contributed by atoms with Crippen molar-refractivity contribution in [1.82, 2.24) is 14.5 Å². The lowest BCUT2D eigenvalue weighted by Crippen LogP contribution is -2.56. The summed E-state index contributed by atoms with van der Waals surface area (Å²) in [5.41, 5.74) is 0.526. The number of piperidine rings is 3. The Morgan fingerprint density at radius 2 is 1.67 bits per heavy atom. The van der Waals surface area contributed by atoms with Crippen LogP contribution in [0.25, 0.3) is 0 Å². The number of alkyl halides is 2.